The average molecular weight is 538 g/mol. The summed E-state index contributed by atoms with van der Waals surface area (Å²) in [5.41, 5.74) is 2.99. The van der Waals surface area contributed by atoms with Crippen molar-refractivity contribution in [3.05, 3.63) is 95.6 Å². The molecular formula is C29H35N3O5S. The molecule has 1 N–H and O–H groups in total. The van der Waals surface area contributed by atoms with Crippen LogP contribution in [0.1, 0.15) is 23.6 Å². The van der Waals surface area contributed by atoms with Gasteiger partial charge in [-0.15, -0.1) is 0 Å². The summed E-state index contributed by atoms with van der Waals surface area (Å²) >= 11 is 0. The number of carbonyl (C=O) groups is 2. The number of aryl methyl sites for hydroxylation is 1. The molecule has 3 aromatic rings. The predicted molar refractivity (Wildman–Crippen MR) is 150 cm³/mol. The second-order valence-corrected chi connectivity index (χ2v) is 10.9. The van der Waals surface area contributed by atoms with Crippen molar-refractivity contribution in [3.63, 3.8) is 0 Å². The molecule has 0 saturated carbocycles. The lowest BCUT2D eigenvalue weighted by atomic mass is 10.0. The molecule has 0 aliphatic carbocycles. The zero-order valence-electron chi connectivity index (χ0n) is 22.3. The molecule has 0 aliphatic heterocycles. The van der Waals surface area contributed by atoms with E-state index in [0.29, 0.717) is 12.4 Å². The van der Waals surface area contributed by atoms with Gasteiger partial charge < -0.3 is 15.0 Å². The van der Waals surface area contributed by atoms with Crippen molar-refractivity contribution in [1.29, 1.82) is 0 Å². The van der Waals surface area contributed by atoms with Crippen LogP contribution in [0, 0.1) is 6.92 Å². The minimum atomic E-state index is -3.87. The maximum absolute atomic E-state index is 14.0. The summed E-state index contributed by atoms with van der Waals surface area (Å²) in [6, 6.07) is 22.9. The zero-order valence-corrected chi connectivity index (χ0v) is 23.1. The minimum Gasteiger partial charge on any atom is -0.492 e. The monoisotopic (exact) mass is 537 g/mol. The second-order valence-electron chi connectivity index (χ2n) is 9.00. The molecule has 0 heterocycles. The maximum Gasteiger partial charge on any atom is 0.244 e. The van der Waals surface area contributed by atoms with Crippen LogP contribution in [-0.2, 0) is 32.6 Å². The van der Waals surface area contributed by atoms with Crippen LogP contribution in [0.5, 0.6) is 5.75 Å². The lowest BCUT2D eigenvalue weighted by Gasteiger charge is -2.33. The van der Waals surface area contributed by atoms with Crippen molar-refractivity contribution in [1.82, 2.24) is 10.2 Å². The molecule has 3 rings (SSSR count). The van der Waals surface area contributed by atoms with E-state index in [2.05, 4.69) is 5.32 Å². The first-order valence-corrected chi connectivity index (χ1v) is 14.3. The Balaban J connectivity index is 2.05. The van der Waals surface area contributed by atoms with Crippen molar-refractivity contribution in [2.45, 2.75) is 32.9 Å². The fourth-order valence-electron chi connectivity index (χ4n) is 4.26. The molecule has 0 bridgehead atoms. The molecular weight excluding hydrogens is 502 g/mol. The van der Waals surface area contributed by atoms with E-state index in [4.69, 9.17) is 4.74 Å². The topological polar surface area (TPSA) is 96.0 Å². The van der Waals surface area contributed by atoms with Crippen LogP contribution < -0.4 is 14.4 Å². The molecule has 3 aromatic carbocycles. The molecule has 1 atom stereocenters. The van der Waals surface area contributed by atoms with Gasteiger partial charge >= 0.3 is 0 Å². The van der Waals surface area contributed by atoms with Crippen molar-refractivity contribution < 1.29 is 22.7 Å². The Hall–Kier alpha value is -3.85. The van der Waals surface area contributed by atoms with E-state index in [1.165, 1.54) is 11.9 Å². The highest BCUT2D eigenvalue weighted by molar-refractivity contribution is 7.92. The second kappa shape index (κ2) is 13.1. The summed E-state index contributed by atoms with van der Waals surface area (Å²) in [6.45, 7) is 3.73. The average Bonchev–Trinajstić information content (AvgIpc) is 2.89. The number of nitrogens with zero attached hydrogens (tertiary/aromatic N) is 2. The van der Waals surface area contributed by atoms with Crippen LogP contribution in [0.15, 0.2) is 78.9 Å². The maximum atomic E-state index is 14.0. The van der Waals surface area contributed by atoms with E-state index in [1.54, 1.807) is 31.2 Å². The Morgan fingerprint density at radius 2 is 1.61 bits per heavy atom. The number of rotatable bonds is 12. The molecule has 38 heavy (non-hydrogen) atoms. The molecule has 0 aromatic heterocycles. The van der Waals surface area contributed by atoms with Gasteiger partial charge in [-0.25, -0.2) is 8.42 Å². The fourth-order valence-corrected chi connectivity index (χ4v) is 5.12. The third-order valence-electron chi connectivity index (χ3n) is 6.07. The van der Waals surface area contributed by atoms with Gasteiger partial charge in [-0.3, -0.25) is 13.9 Å². The largest absolute Gasteiger partial charge is 0.492 e. The van der Waals surface area contributed by atoms with Crippen molar-refractivity contribution in [3.8, 4) is 5.75 Å². The Bertz CT molecular complexity index is 1350. The number of amides is 2. The molecule has 0 unspecified atom stereocenters. The number of hydrogen-bond acceptors (Lipinski definition) is 5. The number of ether oxygens (including phenoxy) is 1. The molecule has 0 fully saturated rings. The Kier molecular flexibility index (Phi) is 9.90. The molecule has 202 valence electrons. The van der Waals surface area contributed by atoms with E-state index in [9.17, 15) is 18.0 Å². The van der Waals surface area contributed by atoms with Gasteiger partial charge in [0.05, 0.1) is 18.6 Å². The van der Waals surface area contributed by atoms with E-state index < -0.39 is 28.5 Å². The first kappa shape index (κ1) is 28.7. The summed E-state index contributed by atoms with van der Waals surface area (Å²) in [6.07, 6.45) is 1.32. The first-order chi connectivity index (χ1) is 18.1. The van der Waals surface area contributed by atoms with E-state index in [-0.39, 0.29) is 24.6 Å². The number of anilines is 1. The zero-order chi connectivity index (χ0) is 27.7. The van der Waals surface area contributed by atoms with Crippen LogP contribution in [0.25, 0.3) is 0 Å². The Labute approximate surface area is 225 Å². The van der Waals surface area contributed by atoms with Crippen molar-refractivity contribution in [2.75, 3.05) is 30.8 Å². The quantitative estimate of drug-likeness (QED) is 0.381. The third-order valence-corrected chi connectivity index (χ3v) is 7.19. The van der Waals surface area contributed by atoms with E-state index in [0.717, 1.165) is 27.3 Å². The number of benzene rings is 3. The van der Waals surface area contributed by atoms with E-state index >= 15 is 0 Å². The highest BCUT2D eigenvalue weighted by atomic mass is 32.2. The van der Waals surface area contributed by atoms with Gasteiger partial charge in [0.25, 0.3) is 0 Å². The SMILES string of the molecule is CCOc1ccccc1N(CC(=O)N(Cc1cccc(C)c1)[C@H](Cc1ccccc1)C(=O)NC)S(C)(=O)=O. The smallest absolute Gasteiger partial charge is 0.244 e. The highest BCUT2D eigenvalue weighted by Crippen LogP contribution is 2.30. The van der Waals surface area contributed by atoms with Gasteiger partial charge in [-0.05, 0) is 37.1 Å². The molecule has 2 amide bonds. The molecule has 0 radical (unpaired) electrons. The highest BCUT2D eigenvalue weighted by Gasteiger charge is 2.33. The van der Waals surface area contributed by atoms with Gasteiger partial charge in [0.2, 0.25) is 21.8 Å². The first-order valence-electron chi connectivity index (χ1n) is 12.4. The summed E-state index contributed by atoms with van der Waals surface area (Å²) in [5.74, 6) is -0.492. The third kappa shape index (κ3) is 7.58. The number of sulfonamides is 1. The Morgan fingerprint density at radius 1 is 0.947 bits per heavy atom. The molecule has 8 nitrogen and oxygen atoms in total. The molecule has 0 saturated heterocycles. The standard InChI is InChI=1S/C29H35N3O5S/c1-5-37-27-17-10-9-16-25(27)32(38(4,35)36)21-28(33)31(20-24-15-11-12-22(2)18-24)26(29(34)30-3)19-23-13-7-6-8-14-23/h6-18,26H,5,19-21H2,1-4H3,(H,30,34)/t26-/m1/s1. The van der Waals surface area contributed by atoms with Crippen molar-refractivity contribution in [2.24, 2.45) is 0 Å². The Morgan fingerprint density at radius 3 is 2.24 bits per heavy atom. The van der Waals surface area contributed by atoms with Gasteiger partial charge in [-0.2, -0.15) is 0 Å². The number of likely N-dealkylation sites (N-methyl/N-ethyl adjacent to an activating group) is 1. The lowest BCUT2D eigenvalue weighted by molar-refractivity contribution is -0.139. The molecule has 0 spiro atoms. The van der Waals surface area contributed by atoms with Crippen LogP contribution in [0.4, 0.5) is 5.69 Å². The van der Waals surface area contributed by atoms with Crippen LogP contribution in [-0.4, -0.2) is 57.6 Å². The summed E-state index contributed by atoms with van der Waals surface area (Å²) in [4.78, 5) is 28.6. The minimum absolute atomic E-state index is 0.135. The summed E-state index contributed by atoms with van der Waals surface area (Å²) in [5, 5.41) is 2.67. The van der Waals surface area contributed by atoms with Gasteiger partial charge in [0, 0.05) is 20.0 Å². The predicted octanol–water partition coefficient (Wildman–Crippen LogP) is 3.55. The summed E-state index contributed by atoms with van der Waals surface area (Å²) in [7, 11) is -2.35. The number of nitrogens with one attached hydrogen (secondary N) is 1. The van der Waals surface area contributed by atoms with E-state index in [1.807, 2.05) is 61.5 Å². The van der Waals surface area contributed by atoms with Gasteiger partial charge in [0.1, 0.15) is 18.3 Å². The lowest BCUT2D eigenvalue weighted by Crippen LogP contribution is -2.52. The molecule has 0 aliphatic rings. The van der Waals surface area contributed by atoms with Gasteiger partial charge in [0.15, 0.2) is 0 Å². The van der Waals surface area contributed by atoms with Gasteiger partial charge in [-0.1, -0.05) is 72.3 Å². The van der Waals surface area contributed by atoms with Crippen LogP contribution in [0.3, 0.4) is 0 Å². The van der Waals surface area contributed by atoms with Crippen molar-refractivity contribution >= 4 is 27.5 Å². The van der Waals surface area contributed by atoms with Crippen LogP contribution >= 0.6 is 0 Å². The number of para-hydroxylation sites is 2. The molecule has 9 heteroatoms. The summed E-state index contributed by atoms with van der Waals surface area (Å²) < 4.78 is 32.5. The fraction of sp³-hybridized carbons (Fsp3) is 0.310. The normalized spacial score (nSPS) is 11.9. The van der Waals surface area contributed by atoms with Crippen LogP contribution in [0.2, 0.25) is 0 Å². The number of hydrogen-bond donors (Lipinski definition) is 1. The number of carbonyl (C=O) groups excluding carboxylic acids is 2.